The lowest BCUT2D eigenvalue weighted by Crippen LogP contribution is -2.21. The Morgan fingerprint density at radius 2 is 2.00 bits per heavy atom. The van der Waals surface area contributed by atoms with Crippen molar-refractivity contribution < 1.29 is 9.53 Å². The molecule has 2 amide bonds. The van der Waals surface area contributed by atoms with Gasteiger partial charge >= 0.3 is 6.03 Å². The largest absolute Gasteiger partial charge is 0.493 e. The SMILES string of the molecule is COc1ccc2cncn2c1NC(=O)Nc1ccc(C#N)cc1. The number of nitrogens with one attached hydrogen (secondary N) is 2. The van der Waals surface area contributed by atoms with E-state index in [-0.39, 0.29) is 0 Å². The van der Waals surface area contributed by atoms with Crippen molar-refractivity contribution in [3.8, 4) is 11.8 Å². The number of ether oxygens (including phenoxy) is 1. The van der Waals surface area contributed by atoms with Crippen LogP contribution in [0.5, 0.6) is 5.75 Å². The summed E-state index contributed by atoms with van der Waals surface area (Å²) < 4.78 is 7.00. The first kappa shape index (κ1) is 14.4. The van der Waals surface area contributed by atoms with Crippen molar-refractivity contribution in [1.82, 2.24) is 9.38 Å². The molecule has 0 atom stereocenters. The van der Waals surface area contributed by atoms with Gasteiger partial charge in [-0.1, -0.05) is 0 Å². The van der Waals surface area contributed by atoms with Crippen LogP contribution in [0.2, 0.25) is 0 Å². The van der Waals surface area contributed by atoms with Gasteiger partial charge in [0, 0.05) is 5.69 Å². The number of amides is 2. The van der Waals surface area contributed by atoms with Gasteiger partial charge in [0.25, 0.3) is 0 Å². The Morgan fingerprint density at radius 1 is 1.22 bits per heavy atom. The van der Waals surface area contributed by atoms with Crippen LogP contribution < -0.4 is 15.4 Å². The summed E-state index contributed by atoms with van der Waals surface area (Å²) in [5, 5.41) is 14.2. The molecule has 2 heterocycles. The summed E-state index contributed by atoms with van der Waals surface area (Å²) in [5.74, 6) is 0.999. The van der Waals surface area contributed by atoms with E-state index in [1.54, 1.807) is 47.3 Å². The second kappa shape index (κ2) is 6.07. The first-order chi connectivity index (χ1) is 11.2. The van der Waals surface area contributed by atoms with Gasteiger partial charge in [0.05, 0.1) is 30.5 Å². The molecule has 7 nitrogen and oxygen atoms in total. The van der Waals surface area contributed by atoms with E-state index in [2.05, 4.69) is 15.6 Å². The average molecular weight is 307 g/mol. The highest BCUT2D eigenvalue weighted by Crippen LogP contribution is 2.25. The average Bonchev–Trinajstić information content (AvgIpc) is 3.05. The van der Waals surface area contributed by atoms with E-state index >= 15 is 0 Å². The molecule has 0 fully saturated rings. The van der Waals surface area contributed by atoms with Crippen molar-refractivity contribution >= 4 is 23.1 Å². The maximum Gasteiger partial charge on any atom is 0.324 e. The molecule has 0 bridgehead atoms. The van der Waals surface area contributed by atoms with Gasteiger partial charge in [-0.2, -0.15) is 5.26 Å². The Bertz CT molecular complexity index is 893. The normalized spacial score (nSPS) is 10.1. The smallest absolute Gasteiger partial charge is 0.324 e. The molecule has 2 aromatic heterocycles. The van der Waals surface area contributed by atoms with E-state index in [0.29, 0.717) is 22.8 Å². The maximum absolute atomic E-state index is 12.2. The number of imidazole rings is 1. The van der Waals surface area contributed by atoms with Gasteiger partial charge in [0.1, 0.15) is 6.33 Å². The van der Waals surface area contributed by atoms with Gasteiger partial charge in [0.15, 0.2) is 11.6 Å². The molecule has 2 N–H and O–H groups in total. The van der Waals surface area contributed by atoms with Crippen molar-refractivity contribution in [3.63, 3.8) is 0 Å². The predicted molar refractivity (Wildman–Crippen MR) is 85.5 cm³/mol. The fraction of sp³-hybridized carbons (Fsp3) is 0.0625. The second-order valence-corrected chi connectivity index (χ2v) is 4.71. The molecule has 7 heteroatoms. The summed E-state index contributed by atoms with van der Waals surface area (Å²) in [6.07, 6.45) is 3.28. The van der Waals surface area contributed by atoms with Crippen LogP contribution in [-0.2, 0) is 0 Å². The number of hydrogen-bond acceptors (Lipinski definition) is 4. The van der Waals surface area contributed by atoms with E-state index in [1.165, 1.54) is 7.11 Å². The fourth-order valence-electron chi connectivity index (χ4n) is 2.16. The fourth-order valence-corrected chi connectivity index (χ4v) is 2.16. The molecule has 0 radical (unpaired) electrons. The van der Waals surface area contributed by atoms with Crippen molar-refractivity contribution in [2.24, 2.45) is 0 Å². The Labute approximate surface area is 132 Å². The van der Waals surface area contributed by atoms with Crippen LogP contribution >= 0.6 is 0 Å². The number of nitrogens with zero attached hydrogens (tertiary/aromatic N) is 3. The van der Waals surface area contributed by atoms with Crippen LogP contribution in [0.15, 0.2) is 48.9 Å². The summed E-state index contributed by atoms with van der Waals surface area (Å²) in [6, 6.07) is 11.8. The van der Waals surface area contributed by atoms with Crippen molar-refractivity contribution in [1.29, 1.82) is 5.26 Å². The monoisotopic (exact) mass is 307 g/mol. The summed E-state index contributed by atoms with van der Waals surface area (Å²) in [6.45, 7) is 0. The zero-order chi connectivity index (χ0) is 16.2. The summed E-state index contributed by atoms with van der Waals surface area (Å²) >= 11 is 0. The molecule has 0 saturated carbocycles. The molecule has 0 spiro atoms. The minimum Gasteiger partial charge on any atom is -0.493 e. The molecule has 1 aromatic carbocycles. The number of carbonyl (C=O) groups is 1. The topological polar surface area (TPSA) is 91.4 Å². The number of nitriles is 1. The number of methoxy groups -OCH3 is 1. The van der Waals surface area contributed by atoms with Crippen LogP contribution in [0, 0.1) is 11.3 Å². The zero-order valence-corrected chi connectivity index (χ0v) is 12.3. The van der Waals surface area contributed by atoms with Gasteiger partial charge in [-0.15, -0.1) is 0 Å². The number of hydrogen-bond donors (Lipinski definition) is 2. The van der Waals surface area contributed by atoms with Crippen LogP contribution in [0.3, 0.4) is 0 Å². The third-order valence-corrected chi connectivity index (χ3v) is 3.27. The maximum atomic E-state index is 12.2. The van der Waals surface area contributed by atoms with Crippen molar-refractivity contribution in [3.05, 3.63) is 54.5 Å². The van der Waals surface area contributed by atoms with Crippen LogP contribution in [-0.4, -0.2) is 22.5 Å². The van der Waals surface area contributed by atoms with E-state index in [1.807, 2.05) is 12.1 Å². The molecule has 3 rings (SSSR count). The van der Waals surface area contributed by atoms with Gasteiger partial charge in [-0.3, -0.25) is 9.72 Å². The Morgan fingerprint density at radius 3 is 2.70 bits per heavy atom. The third kappa shape index (κ3) is 2.91. The van der Waals surface area contributed by atoms with Crippen LogP contribution in [0.1, 0.15) is 5.56 Å². The van der Waals surface area contributed by atoms with Gasteiger partial charge in [-0.05, 0) is 36.4 Å². The molecular weight excluding hydrogens is 294 g/mol. The lowest BCUT2D eigenvalue weighted by Gasteiger charge is -2.13. The number of fused-ring (bicyclic) bond motifs is 1. The first-order valence-corrected chi connectivity index (χ1v) is 6.78. The molecule has 0 unspecified atom stereocenters. The van der Waals surface area contributed by atoms with Crippen molar-refractivity contribution in [2.75, 3.05) is 17.7 Å². The van der Waals surface area contributed by atoms with Gasteiger partial charge < -0.3 is 10.1 Å². The van der Waals surface area contributed by atoms with Crippen molar-refractivity contribution in [2.45, 2.75) is 0 Å². The standard InChI is InChI=1S/C16H13N5O2/c1-23-14-7-6-13-9-18-10-21(13)15(14)20-16(22)19-12-4-2-11(8-17)3-5-12/h2-7,9-10H,1H3,(H2,19,20,22). The van der Waals surface area contributed by atoms with Gasteiger partial charge in [-0.25, -0.2) is 9.78 Å². The summed E-state index contributed by atoms with van der Waals surface area (Å²) in [7, 11) is 1.53. The molecule has 3 aromatic rings. The molecule has 0 aliphatic rings. The second-order valence-electron chi connectivity index (χ2n) is 4.71. The number of carbonyl (C=O) groups excluding carboxylic acids is 1. The predicted octanol–water partition coefficient (Wildman–Crippen LogP) is 2.86. The molecule has 114 valence electrons. The number of benzene rings is 1. The Hall–Kier alpha value is -3.53. The van der Waals surface area contributed by atoms with E-state index in [0.717, 1.165) is 5.52 Å². The minimum absolute atomic E-state index is 0.422. The highest BCUT2D eigenvalue weighted by atomic mass is 16.5. The number of urea groups is 1. The molecule has 0 saturated heterocycles. The molecular formula is C16H13N5O2. The van der Waals surface area contributed by atoms with E-state index in [4.69, 9.17) is 10.00 Å². The number of anilines is 2. The van der Waals surface area contributed by atoms with Crippen LogP contribution in [0.4, 0.5) is 16.3 Å². The van der Waals surface area contributed by atoms with Crippen LogP contribution in [0.25, 0.3) is 5.52 Å². The summed E-state index contributed by atoms with van der Waals surface area (Å²) in [5.41, 5.74) is 1.94. The first-order valence-electron chi connectivity index (χ1n) is 6.78. The number of pyridine rings is 1. The Kier molecular flexibility index (Phi) is 3.80. The molecule has 0 aliphatic heterocycles. The zero-order valence-electron chi connectivity index (χ0n) is 12.3. The lowest BCUT2D eigenvalue weighted by molar-refractivity contribution is 0.262. The van der Waals surface area contributed by atoms with Gasteiger partial charge in [0.2, 0.25) is 0 Å². The van der Waals surface area contributed by atoms with E-state index in [9.17, 15) is 4.79 Å². The lowest BCUT2D eigenvalue weighted by atomic mass is 10.2. The molecule has 0 aliphatic carbocycles. The number of aromatic nitrogens is 2. The Balaban J connectivity index is 1.82. The quantitative estimate of drug-likeness (QED) is 0.778. The summed E-state index contributed by atoms with van der Waals surface area (Å²) in [4.78, 5) is 16.2. The highest BCUT2D eigenvalue weighted by Gasteiger charge is 2.12. The third-order valence-electron chi connectivity index (χ3n) is 3.27. The van der Waals surface area contributed by atoms with E-state index < -0.39 is 6.03 Å². The minimum atomic E-state index is -0.422. The molecule has 23 heavy (non-hydrogen) atoms. The highest BCUT2D eigenvalue weighted by molar-refractivity contribution is 6.00. The number of rotatable bonds is 3.